The maximum Gasteiger partial charge on any atom is 0.256 e. The first-order chi connectivity index (χ1) is 16.6. The molecule has 0 aromatic carbocycles. The van der Waals surface area contributed by atoms with Crippen LogP contribution in [0, 0.1) is 0 Å². The van der Waals surface area contributed by atoms with Gasteiger partial charge in [-0.05, 0) is 42.5 Å². The Kier molecular flexibility index (Phi) is 5.18. The summed E-state index contributed by atoms with van der Waals surface area (Å²) in [5.41, 5.74) is 2.33. The van der Waals surface area contributed by atoms with Gasteiger partial charge in [-0.15, -0.1) is 0 Å². The number of anilines is 2. The normalized spacial score (nSPS) is 16.7. The third kappa shape index (κ3) is 4.10. The van der Waals surface area contributed by atoms with E-state index in [0.29, 0.717) is 11.4 Å². The Morgan fingerprint density at radius 1 is 1.06 bits per heavy atom. The van der Waals surface area contributed by atoms with Crippen LogP contribution in [0.3, 0.4) is 0 Å². The number of amides is 1. The van der Waals surface area contributed by atoms with Crippen LogP contribution in [-0.2, 0) is 7.05 Å². The molecule has 0 spiro atoms. The average molecular weight is 455 g/mol. The molecule has 0 unspecified atom stereocenters. The molecular formula is C25H26N8O. The fourth-order valence-corrected chi connectivity index (χ4v) is 4.58. The molecule has 0 atom stereocenters. The molecule has 5 heterocycles. The molecule has 4 aromatic heterocycles. The van der Waals surface area contributed by atoms with Crippen LogP contribution in [0.4, 0.5) is 11.6 Å². The largest absolute Gasteiger partial charge is 0.353 e. The van der Waals surface area contributed by atoms with Crippen molar-refractivity contribution in [1.82, 2.24) is 29.6 Å². The Morgan fingerprint density at radius 2 is 1.85 bits per heavy atom. The minimum absolute atomic E-state index is 0.208. The molecule has 1 amide bonds. The number of nitrogens with zero attached hydrogens (tertiary/aromatic N) is 7. The number of piperazine rings is 1. The minimum Gasteiger partial charge on any atom is -0.353 e. The van der Waals surface area contributed by atoms with Crippen molar-refractivity contribution in [1.29, 1.82) is 0 Å². The van der Waals surface area contributed by atoms with E-state index in [1.165, 1.54) is 12.8 Å². The molecule has 9 heteroatoms. The van der Waals surface area contributed by atoms with Gasteiger partial charge < -0.3 is 10.2 Å². The minimum atomic E-state index is -0.208. The lowest BCUT2D eigenvalue weighted by Crippen LogP contribution is -2.47. The van der Waals surface area contributed by atoms with E-state index in [-0.39, 0.29) is 5.91 Å². The molecule has 2 aliphatic rings. The Morgan fingerprint density at radius 3 is 2.56 bits per heavy atom. The number of fused-ring (bicyclic) bond motifs is 1. The monoisotopic (exact) mass is 454 g/mol. The van der Waals surface area contributed by atoms with Gasteiger partial charge in [-0.3, -0.25) is 24.3 Å². The number of carbonyl (C=O) groups excluding carboxylic acids is 1. The maximum atomic E-state index is 12.8. The van der Waals surface area contributed by atoms with E-state index in [9.17, 15) is 4.79 Å². The quantitative estimate of drug-likeness (QED) is 0.496. The highest BCUT2D eigenvalue weighted by Gasteiger charge is 2.32. The van der Waals surface area contributed by atoms with Crippen LogP contribution in [0.15, 0.2) is 55.2 Å². The molecule has 1 saturated carbocycles. The summed E-state index contributed by atoms with van der Waals surface area (Å²) in [6.45, 7) is 3.88. The van der Waals surface area contributed by atoms with E-state index >= 15 is 0 Å². The average Bonchev–Trinajstić information content (AvgIpc) is 3.64. The van der Waals surface area contributed by atoms with Crippen molar-refractivity contribution < 1.29 is 4.79 Å². The lowest BCUT2D eigenvalue weighted by molar-refractivity contribution is 0.102. The Labute approximate surface area is 197 Å². The number of hydrogen-bond donors (Lipinski definition) is 1. The van der Waals surface area contributed by atoms with Gasteiger partial charge in [0, 0.05) is 80.6 Å². The van der Waals surface area contributed by atoms with Crippen molar-refractivity contribution >= 4 is 28.3 Å². The molecule has 0 radical (unpaired) electrons. The third-order valence-electron chi connectivity index (χ3n) is 6.56. The van der Waals surface area contributed by atoms with E-state index in [4.69, 9.17) is 9.97 Å². The molecule has 9 nitrogen and oxygen atoms in total. The highest BCUT2D eigenvalue weighted by molar-refractivity contribution is 6.05. The number of aryl methyl sites for hydroxylation is 1. The zero-order valence-corrected chi connectivity index (χ0v) is 19.1. The summed E-state index contributed by atoms with van der Waals surface area (Å²) in [5, 5.41) is 9.21. The van der Waals surface area contributed by atoms with Crippen LogP contribution in [0.2, 0.25) is 0 Å². The molecule has 34 heavy (non-hydrogen) atoms. The fraction of sp³-hybridized carbons (Fsp3) is 0.320. The predicted molar refractivity (Wildman–Crippen MR) is 131 cm³/mol. The van der Waals surface area contributed by atoms with Gasteiger partial charge in [-0.2, -0.15) is 5.10 Å². The van der Waals surface area contributed by atoms with Gasteiger partial charge in [0.25, 0.3) is 5.91 Å². The second-order valence-electron chi connectivity index (χ2n) is 8.97. The molecule has 6 rings (SSSR count). The zero-order chi connectivity index (χ0) is 23.1. The SMILES string of the molecule is Cn1cc(-c2cc3cc(NC(=O)c4ccncc4)nc(N4CCN(C5CC5)CC4)c3cn2)cn1. The number of nitrogens with one attached hydrogen (secondary N) is 1. The van der Waals surface area contributed by atoms with Crippen molar-refractivity contribution in [2.75, 3.05) is 36.4 Å². The summed E-state index contributed by atoms with van der Waals surface area (Å²) in [7, 11) is 1.89. The lowest BCUT2D eigenvalue weighted by Gasteiger charge is -2.36. The van der Waals surface area contributed by atoms with Gasteiger partial charge in [-0.25, -0.2) is 4.98 Å². The van der Waals surface area contributed by atoms with Gasteiger partial charge in [0.2, 0.25) is 0 Å². The molecule has 1 N–H and O–H groups in total. The predicted octanol–water partition coefficient (Wildman–Crippen LogP) is 2.96. The number of hydrogen-bond acceptors (Lipinski definition) is 7. The number of pyridine rings is 3. The summed E-state index contributed by atoms with van der Waals surface area (Å²) in [6.07, 6.45) is 11.5. The maximum absolute atomic E-state index is 12.8. The van der Waals surface area contributed by atoms with Crippen molar-refractivity contribution in [3.63, 3.8) is 0 Å². The van der Waals surface area contributed by atoms with Crippen molar-refractivity contribution in [3.8, 4) is 11.3 Å². The van der Waals surface area contributed by atoms with Gasteiger partial charge in [0.1, 0.15) is 11.6 Å². The molecule has 1 aliphatic carbocycles. The molecule has 4 aromatic rings. The first-order valence-electron chi connectivity index (χ1n) is 11.6. The highest BCUT2D eigenvalue weighted by Crippen LogP contribution is 2.33. The van der Waals surface area contributed by atoms with Crippen LogP contribution in [0.25, 0.3) is 22.0 Å². The standard InChI is InChI=1S/C25H26N8O/c1-31-16-19(14-28-31)22-12-18-13-23(30-25(34)17-4-6-26-7-5-17)29-24(21(18)15-27-22)33-10-8-32(9-11-33)20-2-3-20/h4-7,12-16,20H,2-3,8-11H2,1H3,(H,29,30,34). The molecule has 1 aliphatic heterocycles. The molecular weight excluding hydrogens is 428 g/mol. The van der Waals surface area contributed by atoms with E-state index < -0.39 is 0 Å². The smallest absolute Gasteiger partial charge is 0.256 e. The Hall–Kier alpha value is -3.85. The van der Waals surface area contributed by atoms with E-state index in [1.807, 2.05) is 31.6 Å². The van der Waals surface area contributed by atoms with Crippen molar-refractivity contribution in [2.45, 2.75) is 18.9 Å². The second-order valence-corrected chi connectivity index (χ2v) is 8.97. The van der Waals surface area contributed by atoms with Gasteiger partial charge in [-0.1, -0.05) is 0 Å². The van der Waals surface area contributed by atoms with Crippen molar-refractivity contribution in [2.24, 2.45) is 7.05 Å². The summed E-state index contributed by atoms with van der Waals surface area (Å²) in [6, 6.07) is 8.11. The first kappa shape index (κ1) is 20.7. The van der Waals surface area contributed by atoms with E-state index in [1.54, 1.807) is 35.4 Å². The fourth-order valence-electron chi connectivity index (χ4n) is 4.58. The van der Waals surface area contributed by atoms with Gasteiger partial charge >= 0.3 is 0 Å². The molecule has 2 fully saturated rings. The number of rotatable bonds is 5. The number of aromatic nitrogens is 5. The Balaban J connectivity index is 1.37. The molecule has 172 valence electrons. The second kappa shape index (κ2) is 8.49. The highest BCUT2D eigenvalue weighted by atomic mass is 16.1. The van der Waals surface area contributed by atoms with E-state index in [0.717, 1.165) is 60.1 Å². The lowest BCUT2D eigenvalue weighted by atomic mass is 10.1. The van der Waals surface area contributed by atoms with Crippen LogP contribution < -0.4 is 10.2 Å². The van der Waals surface area contributed by atoms with Crippen LogP contribution >= 0.6 is 0 Å². The zero-order valence-electron chi connectivity index (χ0n) is 19.1. The van der Waals surface area contributed by atoms with Crippen LogP contribution in [0.5, 0.6) is 0 Å². The summed E-state index contributed by atoms with van der Waals surface area (Å²) < 4.78 is 1.76. The topological polar surface area (TPSA) is 92.1 Å². The van der Waals surface area contributed by atoms with Crippen LogP contribution in [-0.4, -0.2) is 67.8 Å². The van der Waals surface area contributed by atoms with E-state index in [2.05, 4.69) is 25.2 Å². The van der Waals surface area contributed by atoms with Gasteiger partial charge in [0.15, 0.2) is 0 Å². The third-order valence-corrected chi connectivity index (χ3v) is 6.56. The Bertz CT molecular complexity index is 1340. The van der Waals surface area contributed by atoms with Crippen LogP contribution in [0.1, 0.15) is 23.2 Å². The molecule has 1 saturated heterocycles. The molecule has 0 bridgehead atoms. The first-order valence-corrected chi connectivity index (χ1v) is 11.6. The van der Waals surface area contributed by atoms with Gasteiger partial charge in [0.05, 0.1) is 11.9 Å². The van der Waals surface area contributed by atoms with Crippen molar-refractivity contribution in [3.05, 3.63) is 60.8 Å². The summed E-state index contributed by atoms with van der Waals surface area (Å²) in [4.78, 5) is 31.3. The summed E-state index contributed by atoms with van der Waals surface area (Å²) >= 11 is 0. The number of carbonyl (C=O) groups is 1. The summed E-state index contributed by atoms with van der Waals surface area (Å²) in [5.74, 6) is 1.18.